The molecule has 0 aliphatic carbocycles. The normalized spacial score (nSPS) is 17.0. The number of hydrogen-bond donors (Lipinski definition) is 2. The zero-order valence-electron chi connectivity index (χ0n) is 12.2. The van der Waals surface area contributed by atoms with Gasteiger partial charge in [0.15, 0.2) is 5.16 Å². The molecule has 0 saturated carbocycles. The molecule has 0 bridgehead atoms. The number of phenols is 1. The van der Waals surface area contributed by atoms with Gasteiger partial charge in [-0.25, -0.2) is 0 Å². The molecule has 1 aromatic carbocycles. The van der Waals surface area contributed by atoms with E-state index in [1.54, 1.807) is 35.9 Å². The first-order valence-electron chi connectivity index (χ1n) is 6.75. The summed E-state index contributed by atoms with van der Waals surface area (Å²) in [5.41, 5.74) is 0.978. The van der Waals surface area contributed by atoms with Crippen molar-refractivity contribution < 1.29 is 9.90 Å². The maximum Gasteiger partial charge on any atom is 0.279 e. The van der Waals surface area contributed by atoms with E-state index in [2.05, 4.69) is 10.3 Å². The fourth-order valence-electron chi connectivity index (χ4n) is 2.71. The van der Waals surface area contributed by atoms with Gasteiger partial charge in [-0.15, -0.1) is 0 Å². The molecule has 0 spiro atoms. The Balaban J connectivity index is 2.21. The first kappa shape index (κ1) is 14.6. The van der Waals surface area contributed by atoms with Crippen molar-refractivity contribution in [3.8, 4) is 5.75 Å². The van der Waals surface area contributed by atoms with Crippen molar-refractivity contribution in [2.45, 2.75) is 17.5 Å². The molecular formula is C15H15N3O3S. The lowest BCUT2D eigenvalue weighted by Gasteiger charge is -2.27. The van der Waals surface area contributed by atoms with Crippen LogP contribution >= 0.6 is 11.8 Å². The van der Waals surface area contributed by atoms with Gasteiger partial charge in [-0.1, -0.05) is 23.9 Å². The van der Waals surface area contributed by atoms with E-state index in [1.807, 2.05) is 6.26 Å². The van der Waals surface area contributed by atoms with E-state index in [0.29, 0.717) is 16.5 Å². The third-order valence-electron chi connectivity index (χ3n) is 3.78. The lowest BCUT2D eigenvalue weighted by atomic mass is 9.87. The van der Waals surface area contributed by atoms with Crippen LogP contribution in [0.25, 0.3) is 0 Å². The summed E-state index contributed by atoms with van der Waals surface area (Å²) >= 11 is 1.35. The maximum atomic E-state index is 12.4. The number of thioether (sulfide) groups is 1. The number of phenolic OH excluding ortho intramolecular Hbond substituents is 1. The van der Waals surface area contributed by atoms with Gasteiger partial charge < -0.3 is 15.0 Å². The molecule has 22 heavy (non-hydrogen) atoms. The monoisotopic (exact) mass is 317 g/mol. The van der Waals surface area contributed by atoms with E-state index in [1.165, 1.54) is 11.8 Å². The van der Waals surface area contributed by atoms with Crippen molar-refractivity contribution in [2.24, 2.45) is 7.05 Å². The van der Waals surface area contributed by atoms with Crippen LogP contribution < -0.4 is 10.9 Å². The number of aromatic hydroxyl groups is 1. The Morgan fingerprint density at radius 3 is 2.64 bits per heavy atom. The number of anilines is 1. The highest BCUT2D eigenvalue weighted by molar-refractivity contribution is 7.98. The van der Waals surface area contributed by atoms with E-state index in [0.717, 1.165) is 5.56 Å². The average molecular weight is 317 g/mol. The number of fused-ring (bicyclic) bond motifs is 1. The Labute approximate surface area is 131 Å². The third-order valence-corrected chi connectivity index (χ3v) is 4.51. The van der Waals surface area contributed by atoms with Gasteiger partial charge in [0, 0.05) is 19.4 Å². The van der Waals surface area contributed by atoms with Gasteiger partial charge in [-0.3, -0.25) is 9.59 Å². The zero-order valence-corrected chi connectivity index (χ0v) is 13.0. The van der Waals surface area contributed by atoms with Crippen LogP contribution in [-0.4, -0.2) is 26.8 Å². The molecule has 1 aliphatic rings. The van der Waals surface area contributed by atoms with E-state index < -0.39 is 0 Å². The van der Waals surface area contributed by atoms with Crippen molar-refractivity contribution in [1.82, 2.24) is 9.55 Å². The Kier molecular flexibility index (Phi) is 3.66. The average Bonchev–Trinajstić information content (AvgIpc) is 2.50. The first-order chi connectivity index (χ1) is 10.5. The first-order valence-corrected chi connectivity index (χ1v) is 7.97. The molecule has 2 aromatic rings. The van der Waals surface area contributed by atoms with Crippen molar-refractivity contribution in [3.05, 3.63) is 45.7 Å². The molecule has 0 radical (unpaired) electrons. The molecule has 114 valence electrons. The van der Waals surface area contributed by atoms with Gasteiger partial charge in [0.1, 0.15) is 11.6 Å². The predicted octanol–water partition coefficient (Wildman–Crippen LogP) is 1.68. The van der Waals surface area contributed by atoms with Crippen LogP contribution in [0.2, 0.25) is 0 Å². The van der Waals surface area contributed by atoms with E-state index in [9.17, 15) is 14.7 Å². The molecule has 1 unspecified atom stereocenters. The van der Waals surface area contributed by atoms with Gasteiger partial charge in [0.2, 0.25) is 5.91 Å². The summed E-state index contributed by atoms with van der Waals surface area (Å²) in [4.78, 5) is 28.5. The number of carbonyl (C=O) groups excluding carboxylic acids is 1. The molecular weight excluding hydrogens is 302 g/mol. The van der Waals surface area contributed by atoms with Crippen LogP contribution in [0.15, 0.2) is 34.2 Å². The maximum absolute atomic E-state index is 12.4. The third kappa shape index (κ3) is 2.37. The summed E-state index contributed by atoms with van der Waals surface area (Å²) < 4.78 is 1.73. The molecule has 3 rings (SSSR count). The lowest BCUT2D eigenvalue weighted by Crippen LogP contribution is -2.33. The van der Waals surface area contributed by atoms with Crippen LogP contribution in [0.1, 0.15) is 23.5 Å². The zero-order chi connectivity index (χ0) is 15.9. The Morgan fingerprint density at radius 2 is 2.00 bits per heavy atom. The molecule has 7 heteroatoms. The van der Waals surface area contributed by atoms with Gasteiger partial charge >= 0.3 is 0 Å². The summed E-state index contributed by atoms with van der Waals surface area (Å²) in [6.07, 6.45) is 2.02. The summed E-state index contributed by atoms with van der Waals surface area (Å²) in [5, 5.41) is 12.7. The summed E-state index contributed by atoms with van der Waals surface area (Å²) in [7, 11) is 1.77. The highest BCUT2D eigenvalue weighted by Gasteiger charge is 2.31. The number of carbonyl (C=O) groups is 1. The SMILES string of the molecule is CSc1nc(=O)c2c(n1C)NC(=O)CC2c1ccc(O)cc1. The number of aromatic nitrogens is 2. The van der Waals surface area contributed by atoms with Gasteiger partial charge in [-0.05, 0) is 24.0 Å². The highest BCUT2D eigenvalue weighted by atomic mass is 32.2. The number of rotatable bonds is 2. The molecule has 2 N–H and O–H groups in total. The van der Waals surface area contributed by atoms with Gasteiger partial charge in [-0.2, -0.15) is 4.98 Å². The molecule has 0 fully saturated rings. The minimum absolute atomic E-state index is 0.140. The Morgan fingerprint density at radius 1 is 1.32 bits per heavy atom. The molecule has 1 aliphatic heterocycles. The Hall–Kier alpha value is -2.28. The molecule has 1 amide bonds. The van der Waals surface area contributed by atoms with Crippen LogP contribution in [0, 0.1) is 0 Å². The predicted molar refractivity (Wildman–Crippen MR) is 84.5 cm³/mol. The second-order valence-corrected chi connectivity index (χ2v) is 5.89. The molecule has 1 atom stereocenters. The van der Waals surface area contributed by atoms with E-state index in [-0.39, 0.29) is 29.6 Å². The van der Waals surface area contributed by atoms with Crippen molar-refractivity contribution in [1.29, 1.82) is 0 Å². The summed E-state index contributed by atoms with van der Waals surface area (Å²) in [6, 6.07) is 6.56. The lowest BCUT2D eigenvalue weighted by molar-refractivity contribution is -0.116. The van der Waals surface area contributed by atoms with E-state index >= 15 is 0 Å². The number of nitrogens with one attached hydrogen (secondary N) is 1. The Bertz CT molecular complexity index is 799. The second kappa shape index (κ2) is 5.49. The summed E-state index contributed by atoms with van der Waals surface area (Å²) in [6.45, 7) is 0. The van der Waals surface area contributed by atoms with Crippen LogP contribution in [-0.2, 0) is 11.8 Å². The van der Waals surface area contributed by atoms with Crippen LogP contribution in [0.3, 0.4) is 0 Å². The van der Waals surface area contributed by atoms with Crippen molar-refractivity contribution in [2.75, 3.05) is 11.6 Å². The number of hydrogen-bond acceptors (Lipinski definition) is 5. The number of amides is 1. The smallest absolute Gasteiger partial charge is 0.279 e. The number of nitrogens with zero attached hydrogens (tertiary/aromatic N) is 2. The molecule has 2 heterocycles. The molecule has 6 nitrogen and oxygen atoms in total. The van der Waals surface area contributed by atoms with E-state index in [4.69, 9.17) is 0 Å². The highest BCUT2D eigenvalue weighted by Crippen LogP contribution is 2.35. The fraction of sp³-hybridized carbons (Fsp3) is 0.267. The molecule has 1 aromatic heterocycles. The van der Waals surface area contributed by atoms with Gasteiger partial charge in [0.05, 0.1) is 5.56 Å². The largest absolute Gasteiger partial charge is 0.508 e. The van der Waals surface area contributed by atoms with Crippen LogP contribution in [0.4, 0.5) is 5.82 Å². The fourth-order valence-corrected chi connectivity index (χ4v) is 3.25. The van der Waals surface area contributed by atoms with Crippen molar-refractivity contribution >= 4 is 23.5 Å². The minimum atomic E-state index is -0.355. The van der Waals surface area contributed by atoms with Crippen LogP contribution in [0.5, 0.6) is 5.75 Å². The standard InChI is InChI=1S/C15H15N3O3S/c1-18-13-12(14(21)17-15(18)22-2)10(7-11(20)16-13)8-3-5-9(19)6-4-8/h3-6,10,19H,7H2,1-2H3,(H,16,20). The topological polar surface area (TPSA) is 84.2 Å². The quantitative estimate of drug-likeness (QED) is 0.650. The van der Waals surface area contributed by atoms with Crippen molar-refractivity contribution in [3.63, 3.8) is 0 Å². The second-order valence-electron chi connectivity index (χ2n) is 5.12. The molecule has 0 saturated heterocycles. The van der Waals surface area contributed by atoms with Gasteiger partial charge in [0.25, 0.3) is 5.56 Å². The summed E-state index contributed by atoms with van der Waals surface area (Å²) in [5.74, 6) is 0.150. The number of benzene rings is 1. The minimum Gasteiger partial charge on any atom is -0.508 e.